The highest BCUT2D eigenvalue weighted by Crippen LogP contribution is 2.52. The summed E-state index contributed by atoms with van der Waals surface area (Å²) in [7, 11) is 0.933. The van der Waals surface area contributed by atoms with Gasteiger partial charge in [-0.3, -0.25) is 4.57 Å². The summed E-state index contributed by atoms with van der Waals surface area (Å²) >= 11 is 0. The zero-order valence-electron chi connectivity index (χ0n) is 22.9. The summed E-state index contributed by atoms with van der Waals surface area (Å²) in [5.74, 6) is 0. The Kier molecular flexibility index (Phi) is 19.4. The largest absolute Gasteiger partial charge is 0.373 e. The maximum absolute atomic E-state index is 11.8. The molecule has 0 bridgehead atoms. The average molecular weight is 503 g/mol. The Bertz CT molecular complexity index is 579. The SMILES string of the molecule is CCCCCCCC/C=C\CCCCCCC/C=C\CCCCC(O)(C[N+](C)(C)C)P(=O)(O)O. The summed E-state index contributed by atoms with van der Waals surface area (Å²) < 4.78 is 12.1. The fourth-order valence-electron chi connectivity index (χ4n) is 4.32. The van der Waals surface area contributed by atoms with E-state index in [1.165, 1.54) is 83.5 Å². The standard InChI is InChI=1S/C28H56NO4P/c1-5-6-7-8-9-10-11-12-13-14-15-16-17-18-19-20-21-22-23-24-25-26-28(30,34(31,32)33)27-29(2,3)4/h12-13,21-22,30H,5-11,14-20,23-27H2,1-4H3,(H-,31,32,33)/p+1/b13-12-,22-21-. The monoisotopic (exact) mass is 502 g/mol. The molecule has 0 aliphatic rings. The van der Waals surface area contributed by atoms with Gasteiger partial charge in [-0.2, -0.15) is 0 Å². The lowest BCUT2D eigenvalue weighted by Gasteiger charge is -2.35. The van der Waals surface area contributed by atoms with E-state index in [2.05, 4.69) is 31.2 Å². The number of likely N-dealkylation sites (N-methyl/N-ethyl adjacent to an activating group) is 1. The number of unbranched alkanes of at least 4 members (excludes halogenated alkanes) is 14. The van der Waals surface area contributed by atoms with Crippen molar-refractivity contribution >= 4 is 7.60 Å². The third-order valence-electron chi connectivity index (χ3n) is 6.27. The third-order valence-corrected chi connectivity index (χ3v) is 7.72. The van der Waals surface area contributed by atoms with Crippen molar-refractivity contribution < 1.29 is 23.9 Å². The highest BCUT2D eigenvalue weighted by Gasteiger charge is 2.48. The normalized spacial score (nSPS) is 14.9. The van der Waals surface area contributed by atoms with Crippen LogP contribution in [0, 0.1) is 0 Å². The molecule has 1 atom stereocenters. The van der Waals surface area contributed by atoms with Crippen LogP contribution in [0.5, 0.6) is 0 Å². The Hall–Kier alpha value is -0.450. The third kappa shape index (κ3) is 19.8. The van der Waals surface area contributed by atoms with Crippen LogP contribution in [0.4, 0.5) is 0 Å². The van der Waals surface area contributed by atoms with Crippen LogP contribution in [0.3, 0.4) is 0 Å². The highest BCUT2D eigenvalue weighted by atomic mass is 31.2. The molecule has 0 aliphatic carbocycles. The Balaban J connectivity index is 3.63. The molecule has 6 heteroatoms. The molecule has 0 aromatic heterocycles. The fourth-order valence-corrected chi connectivity index (χ4v) is 5.37. The highest BCUT2D eigenvalue weighted by molar-refractivity contribution is 7.53. The number of rotatable bonds is 23. The Labute approximate surface area is 211 Å². The van der Waals surface area contributed by atoms with Crippen molar-refractivity contribution in [2.24, 2.45) is 0 Å². The number of hydrogen-bond donors (Lipinski definition) is 3. The smallest absolute Gasteiger partial charge is 0.362 e. The lowest BCUT2D eigenvalue weighted by Crippen LogP contribution is -2.49. The molecule has 0 spiro atoms. The van der Waals surface area contributed by atoms with Crippen molar-refractivity contribution in [1.29, 1.82) is 0 Å². The summed E-state index contributed by atoms with van der Waals surface area (Å²) in [5, 5.41) is 8.61. The molecule has 0 aromatic rings. The molecule has 0 fully saturated rings. The maximum atomic E-state index is 11.8. The van der Waals surface area contributed by atoms with E-state index in [0.29, 0.717) is 10.9 Å². The van der Waals surface area contributed by atoms with E-state index in [1.54, 1.807) is 0 Å². The zero-order valence-corrected chi connectivity index (χ0v) is 23.8. The second kappa shape index (κ2) is 19.7. The van der Waals surface area contributed by atoms with Gasteiger partial charge in [0.25, 0.3) is 0 Å². The number of nitrogens with zero attached hydrogens (tertiary/aromatic N) is 1. The predicted octanol–water partition coefficient (Wildman–Crippen LogP) is 7.71. The van der Waals surface area contributed by atoms with E-state index in [0.717, 1.165) is 19.3 Å². The van der Waals surface area contributed by atoms with Gasteiger partial charge in [0.2, 0.25) is 5.34 Å². The first-order chi connectivity index (χ1) is 16.0. The van der Waals surface area contributed by atoms with Crippen LogP contribution in [-0.4, -0.2) is 52.4 Å². The molecule has 0 aliphatic heterocycles. The second-order valence-electron chi connectivity index (χ2n) is 11.1. The molecule has 0 saturated heterocycles. The topological polar surface area (TPSA) is 77.8 Å². The average Bonchev–Trinajstić information content (AvgIpc) is 2.73. The molecule has 34 heavy (non-hydrogen) atoms. The van der Waals surface area contributed by atoms with Crippen molar-refractivity contribution in [2.75, 3.05) is 27.7 Å². The molecule has 5 nitrogen and oxygen atoms in total. The fraction of sp³-hybridized carbons (Fsp3) is 0.857. The molecule has 0 heterocycles. The van der Waals surface area contributed by atoms with Crippen LogP contribution in [0.2, 0.25) is 0 Å². The van der Waals surface area contributed by atoms with Gasteiger partial charge in [-0.1, -0.05) is 82.6 Å². The molecule has 0 radical (unpaired) electrons. The van der Waals surface area contributed by atoms with Gasteiger partial charge in [0.05, 0.1) is 21.1 Å². The molecule has 202 valence electrons. The van der Waals surface area contributed by atoms with Gasteiger partial charge in [-0.05, 0) is 64.2 Å². The molecular formula is C28H57NO4P+. The van der Waals surface area contributed by atoms with Gasteiger partial charge in [0.1, 0.15) is 6.54 Å². The molecule has 0 aromatic carbocycles. The van der Waals surface area contributed by atoms with E-state index in [4.69, 9.17) is 0 Å². The van der Waals surface area contributed by atoms with Crippen LogP contribution in [0.1, 0.15) is 122 Å². The Morgan fingerprint density at radius 1 is 0.647 bits per heavy atom. The molecule has 3 N–H and O–H groups in total. The van der Waals surface area contributed by atoms with Crippen LogP contribution in [0.15, 0.2) is 24.3 Å². The minimum absolute atomic E-state index is 0.0442. The van der Waals surface area contributed by atoms with Gasteiger partial charge in [-0.25, -0.2) is 0 Å². The Morgan fingerprint density at radius 3 is 1.35 bits per heavy atom. The van der Waals surface area contributed by atoms with E-state index in [-0.39, 0.29) is 13.0 Å². The molecular weight excluding hydrogens is 445 g/mol. The van der Waals surface area contributed by atoms with Crippen molar-refractivity contribution in [3.63, 3.8) is 0 Å². The molecule has 0 saturated carbocycles. The van der Waals surface area contributed by atoms with Crippen molar-refractivity contribution in [3.05, 3.63) is 24.3 Å². The minimum atomic E-state index is -4.56. The van der Waals surface area contributed by atoms with Crippen LogP contribution >= 0.6 is 7.60 Å². The number of hydrogen-bond acceptors (Lipinski definition) is 2. The summed E-state index contributed by atoms with van der Waals surface area (Å²) in [6.45, 7) is 2.31. The van der Waals surface area contributed by atoms with Crippen LogP contribution in [0.25, 0.3) is 0 Å². The minimum Gasteiger partial charge on any atom is -0.373 e. The number of quaternary nitrogens is 1. The van der Waals surface area contributed by atoms with Crippen molar-refractivity contribution in [2.45, 2.75) is 128 Å². The summed E-state index contributed by atoms with van der Waals surface area (Å²) in [6.07, 6.45) is 29.9. The zero-order chi connectivity index (χ0) is 25.8. The lowest BCUT2D eigenvalue weighted by molar-refractivity contribution is -0.875. The van der Waals surface area contributed by atoms with E-state index in [9.17, 15) is 19.5 Å². The van der Waals surface area contributed by atoms with Crippen LogP contribution < -0.4 is 0 Å². The summed E-state index contributed by atoms with van der Waals surface area (Å²) in [6, 6.07) is 0. The molecule has 0 amide bonds. The first-order valence-electron chi connectivity index (χ1n) is 13.9. The lowest BCUT2D eigenvalue weighted by atomic mass is 10.1. The molecule has 1 unspecified atom stereocenters. The van der Waals surface area contributed by atoms with Gasteiger partial charge in [0, 0.05) is 0 Å². The number of aliphatic hydroxyl groups is 1. The molecule has 0 rings (SSSR count). The summed E-state index contributed by atoms with van der Waals surface area (Å²) in [5.41, 5.74) is 0. The van der Waals surface area contributed by atoms with Crippen molar-refractivity contribution in [1.82, 2.24) is 0 Å². The van der Waals surface area contributed by atoms with E-state index >= 15 is 0 Å². The Morgan fingerprint density at radius 2 is 1.00 bits per heavy atom. The first kappa shape index (κ1) is 33.5. The van der Waals surface area contributed by atoms with Gasteiger partial charge in [0.15, 0.2) is 0 Å². The van der Waals surface area contributed by atoms with Gasteiger partial charge in [-0.15, -0.1) is 0 Å². The van der Waals surface area contributed by atoms with E-state index < -0.39 is 12.9 Å². The van der Waals surface area contributed by atoms with Crippen molar-refractivity contribution in [3.8, 4) is 0 Å². The first-order valence-corrected chi connectivity index (χ1v) is 15.5. The second-order valence-corrected chi connectivity index (χ2v) is 13.0. The van der Waals surface area contributed by atoms with Gasteiger partial charge < -0.3 is 19.4 Å². The quantitative estimate of drug-likeness (QED) is 0.0578. The van der Waals surface area contributed by atoms with Gasteiger partial charge >= 0.3 is 7.60 Å². The number of allylic oxidation sites excluding steroid dienone is 4. The van der Waals surface area contributed by atoms with Crippen LogP contribution in [-0.2, 0) is 4.57 Å². The maximum Gasteiger partial charge on any atom is 0.362 e. The van der Waals surface area contributed by atoms with E-state index in [1.807, 2.05) is 21.1 Å². The summed E-state index contributed by atoms with van der Waals surface area (Å²) in [4.78, 5) is 19.2. The predicted molar refractivity (Wildman–Crippen MR) is 147 cm³/mol.